The van der Waals surface area contributed by atoms with E-state index in [0.29, 0.717) is 38.0 Å². The second-order valence-corrected chi connectivity index (χ2v) is 7.93. The number of ether oxygens (including phenoxy) is 1. The molecule has 1 heterocycles. The lowest BCUT2D eigenvalue weighted by Gasteiger charge is -2.34. The summed E-state index contributed by atoms with van der Waals surface area (Å²) in [5, 5.41) is 12.4. The summed E-state index contributed by atoms with van der Waals surface area (Å²) in [5.74, 6) is -0.729. The largest absolute Gasteiger partial charge is 0.508 e. The number of phenolic OH excluding ortho intramolecular Hbond substituents is 1. The first-order valence-corrected chi connectivity index (χ1v) is 10.7. The number of carbonyl (C=O) groups excluding carboxylic acids is 3. The molecule has 1 unspecified atom stereocenters. The van der Waals surface area contributed by atoms with Gasteiger partial charge >= 0.3 is 5.97 Å². The zero-order valence-corrected chi connectivity index (χ0v) is 18.1. The van der Waals surface area contributed by atoms with E-state index in [1.54, 1.807) is 53.4 Å². The number of amides is 2. The molecule has 8 nitrogen and oxygen atoms in total. The Balaban J connectivity index is 1.72. The fourth-order valence-electron chi connectivity index (χ4n) is 3.75. The van der Waals surface area contributed by atoms with E-state index in [9.17, 15) is 19.5 Å². The Bertz CT molecular complexity index is 935. The van der Waals surface area contributed by atoms with Gasteiger partial charge in [-0.25, -0.2) is 0 Å². The van der Waals surface area contributed by atoms with Crippen molar-refractivity contribution in [3.8, 4) is 5.75 Å². The second kappa shape index (κ2) is 10.8. The van der Waals surface area contributed by atoms with E-state index in [1.807, 2.05) is 0 Å². The number of rotatable bonds is 7. The van der Waals surface area contributed by atoms with Crippen LogP contribution in [0.15, 0.2) is 48.5 Å². The number of carbonyl (C=O) groups is 3. The van der Waals surface area contributed by atoms with Gasteiger partial charge in [0.1, 0.15) is 17.9 Å². The predicted octanol–water partition coefficient (Wildman–Crippen LogP) is 1.75. The molecule has 4 N–H and O–H groups in total. The summed E-state index contributed by atoms with van der Waals surface area (Å²) < 4.78 is 5.25. The number of likely N-dealkylation sites (tertiary alicyclic amines) is 1. The molecule has 0 aliphatic carbocycles. The summed E-state index contributed by atoms with van der Waals surface area (Å²) >= 11 is 0. The maximum absolute atomic E-state index is 13.3. The van der Waals surface area contributed by atoms with Gasteiger partial charge in [0.15, 0.2) is 0 Å². The highest BCUT2D eigenvalue weighted by Crippen LogP contribution is 2.17. The van der Waals surface area contributed by atoms with Crippen LogP contribution in [0.1, 0.15) is 41.3 Å². The molecule has 2 aromatic rings. The lowest BCUT2D eigenvalue weighted by atomic mass is 10.0. The highest BCUT2D eigenvalue weighted by Gasteiger charge is 2.30. The highest BCUT2D eigenvalue weighted by atomic mass is 16.5. The SMILES string of the molecule is CC(=O)OC1CCN(C(=O)C(Cc2ccc(O)cc2)NC(=O)c2ccc(CN)cc2)CC1. The highest BCUT2D eigenvalue weighted by molar-refractivity contribution is 5.97. The second-order valence-electron chi connectivity index (χ2n) is 7.93. The third kappa shape index (κ3) is 6.31. The molecule has 0 radical (unpaired) electrons. The van der Waals surface area contributed by atoms with Crippen molar-refractivity contribution in [1.82, 2.24) is 10.2 Å². The molecule has 3 rings (SSSR count). The zero-order valence-electron chi connectivity index (χ0n) is 18.1. The van der Waals surface area contributed by atoms with Crippen LogP contribution >= 0.6 is 0 Å². The van der Waals surface area contributed by atoms with Crippen LogP contribution < -0.4 is 11.1 Å². The van der Waals surface area contributed by atoms with E-state index in [2.05, 4.69) is 5.32 Å². The number of esters is 1. The summed E-state index contributed by atoms with van der Waals surface area (Å²) in [6.45, 7) is 2.65. The summed E-state index contributed by atoms with van der Waals surface area (Å²) in [7, 11) is 0. The molecular formula is C24H29N3O5. The third-order valence-electron chi connectivity index (χ3n) is 5.52. The Morgan fingerprint density at radius 3 is 2.22 bits per heavy atom. The number of benzene rings is 2. The molecule has 0 saturated carbocycles. The third-order valence-corrected chi connectivity index (χ3v) is 5.52. The molecule has 1 aliphatic heterocycles. The molecule has 0 spiro atoms. The van der Waals surface area contributed by atoms with E-state index >= 15 is 0 Å². The Morgan fingerprint density at radius 2 is 1.66 bits per heavy atom. The predicted molar refractivity (Wildman–Crippen MR) is 119 cm³/mol. The van der Waals surface area contributed by atoms with Gasteiger partial charge in [0, 0.05) is 51.4 Å². The maximum atomic E-state index is 13.3. The number of nitrogens with zero attached hydrogens (tertiary/aromatic N) is 1. The molecule has 8 heteroatoms. The van der Waals surface area contributed by atoms with Crippen LogP contribution in [-0.4, -0.2) is 53.0 Å². The molecule has 1 saturated heterocycles. The standard InChI is InChI=1S/C24H29N3O5/c1-16(28)32-21-10-12-27(13-11-21)24(31)22(14-17-4-8-20(29)9-5-17)26-23(30)19-6-2-18(15-25)3-7-19/h2-9,21-22,29H,10-15,25H2,1H3,(H,26,30). The van der Waals surface area contributed by atoms with Crippen LogP contribution in [0.4, 0.5) is 0 Å². The van der Waals surface area contributed by atoms with Crippen molar-refractivity contribution in [1.29, 1.82) is 0 Å². The monoisotopic (exact) mass is 439 g/mol. The molecular weight excluding hydrogens is 410 g/mol. The van der Waals surface area contributed by atoms with Gasteiger partial charge < -0.3 is 25.8 Å². The van der Waals surface area contributed by atoms with Crippen molar-refractivity contribution in [2.75, 3.05) is 13.1 Å². The Morgan fingerprint density at radius 1 is 1.06 bits per heavy atom. The van der Waals surface area contributed by atoms with Crippen molar-refractivity contribution in [3.63, 3.8) is 0 Å². The smallest absolute Gasteiger partial charge is 0.302 e. The van der Waals surface area contributed by atoms with Gasteiger partial charge in [0.25, 0.3) is 5.91 Å². The fourth-order valence-corrected chi connectivity index (χ4v) is 3.75. The lowest BCUT2D eigenvalue weighted by molar-refractivity contribution is -0.149. The molecule has 170 valence electrons. The normalized spacial score (nSPS) is 15.1. The van der Waals surface area contributed by atoms with Gasteiger partial charge in [-0.05, 0) is 35.4 Å². The molecule has 2 aromatic carbocycles. The number of nitrogens with two attached hydrogens (primary N) is 1. The molecule has 1 fully saturated rings. The molecule has 2 amide bonds. The van der Waals surface area contributed by atoms with Gasteiger partial charge in [-0.3, -0.25) is 14.4 Å². The first-order valence-electron chi connectivity index (χ1n) is 10.7. The Hall–Kier alpha value is -3.39. The van der Waals surface area contributed by atoms with E-state index in [0.717, 1.165) is 11.1 Å². The van der Waals surface area contributed by atoms with Crippen LogP contribution in [0.2, 0.25) is 0 Å². The fraction of sp³-hybridized carbons (Fsp3) is 0.375. The number of aromatic hydroxyl groups is 1. The van der Waals surface area contributed by atoms with Crippen molar-refractivity contribution < 1.29 is 24.2 Å². The first kappa shape index (κ1) is 23.3. The average Bonchev–Trinajstić information content (AvgIpc) is 2.79. The van der Waals surface area contributed by atoms with E-state index in [-0.39, 0.29) is 36.1 Å². The lowest BCUT2D eigenvalue weighted by Crippen LogP contribution is -2.52. The molecule has 1 aliphatic rings. The van der Waals surface area contributed by atoms with Crippen LogP contribution in [0, 0.1) is 0 Å². The maximum Gasteiger partial charge on any atom is 0.302 e. The molecule has 1 atom stereocenters. The van der Waals surface area contributed by atoms with Gasteiger partial charge in [0.05, 0.1) is 0 Å². The zero-order chi connectivity index (χ0) is 23.1. The van der Waals surface area contributed by atoms with Gasteiger partial charge in [-0.2, -0.15) is 0 Å². The molecule has 0 aromatic heterocycles. The quantitative estimate of drug-likeness (QED) is 0.565. The summed E-state index contributed by atoms with van der Waals surface area (Å²) in [6.07, 6.45) is 1.22. The Kier molecular flexibility index (Phi) is 7.83. The van der Waals surface area contributed by atoms with Crippen molar-refractivity contribution in [3.05, 3.63) is 65.2 Å². The number of hydrogen-bond donors (Lipinski definition) is 3. The average molecular weight is 440 g/mol. The summed E-state index contributed by atoms with van der Waals surface area (Å²) in [6, 6.07) is 12.7. The van der Waals surface area contributed by atoms with Crippen LogP contribution in [0.25, 0.3) is 0 Å². The van der Waals surface area contributed by atoms with Gasteiger partial charge in [0.2, 0.25) is 5.91 Å². The van der Waals surface area contributed by atoms with Crippen LogP contribution in [-0.2, 0) is 27.3 Å². The summed E-state index contributed by atoms with van der Waals surface area (Å²) in [5.41, 5.74) is 7.79. The summed E-state index contributed by atoms with van der Waals surface area (Å²) in [4.78, 5) is 39.0. The number of piperidine rings is 1. The van der Waals surface area contributed by atoms with Gasteiger partial charge in [-0.1, -0.05) is 24.3 Å². The minimum atomic E-state index is -0.772. The first-order chi connectivity index (χ1) is 15.4. The van der Waals surface area contributed by atoms with E-state index in [1.165, 1.54) is 6.92 Å². The minimum Gasteiger partial charge on any atom is -0.508 e. The van der Waals surface area contributed by atoms with Crippen molar-refractivity contribution in [2.24, 2.45) is 5.73 Å². The minimum absolute atomic E-state index is 0.133. The van der Waals surface area contributed by atoms with Gasteiger partial charge in [-0.15, -0.1) is 0 Å². The van der Waals surface area contributed by atoms with Crippen LogP contribution in [0.3, 0.4) is 0 Å². The Labute approximate surface area is 187 Å². The number of hydrogen-bond acceptors (Lipinski definition) is 6. The van der Waals surface area contributed by atoms with Crippen molar-refractivity contribution in [2.45, 2.75) is 44.9 Å². The number of phenols is 1. The molecule has 32 heavy (non-hydrogen) atoms. The van der Waals surface area contributed by atoms with Crippen molar-refractivity contribution >= 4 is 17.8 Å². The number of nitrogens with one attached hydrogen (secondary N) is 1. The van der Waals surface area contributed by atoms with Crippen LogP contribution in [0.5, 0.6) is 5.75 Å². The van der Waals surface area contributed by atoms with E-state index < -0.39 is 6.04 Å². The topological polar surface area (TPSA) is 122 Å². The molecule has 0 bridgehead atoms. The van der Waals surface area contributed by atoms with E-state index in [4.69, 9.17) is 10.5 Å².